The zero-order valence-electron chi connectivity index (χ0n) is 8.81. The fourth-order valence-corrected chi connectivity index (χ4v) is 1.40. The summed E-state index contributed by atoms with van der Waals surface area (Å²) in [5.41, 5.74) is 1.17. The van der Waals surface area contributed by atoms with Crippen molar-refractivity contribution >= 4 is 5.78 Å². The second kappa shape index (κ2) is 5.94. The number of carbonyl (C=O) groups is 1. The van der Waals surface area contributed by atoms with Gasteiger partial charge in [-0.25, -0.2) is 0 Å². The molecule has 0 bridgehead atoms. The van der Waals surface area contributed by atoms with Crippen molar-refractivity contribution in [2.45, 2.75) is 13.0 Å². The summed E-state index contributed by atoms with van der Waals surface area (Å²) in [5, 5.41) is 8.35. The summed E-state index contributed by atoms with van der Waals surface area (Å²) < 4.78 is 0. The summed E-state index contributed by atoms with van der Waals surface area (Å²) >= 11 is 0. The van der Waals surface area contributed by atoms with Gasteiger partial charge in [-0.3, -0.25) is 9.69 Å². The second-order valence-electron chi connectivity index (χ2n) is 3.53. The maximum Gasteiger partial charge on any atom is 0.160 e. The second-order valence-corrected chi connectivity index (χ2v) is 3.53. The van der Waals surface area contributed by atoms with Crippen LogP contribution in [0.3, 0.4) is 0 Å². The maximum absolute atomic E-state index is 11.2. The number of rotatable bonds is 5. The van der Waals surface area contributed by atoms with Crippen LogP contribution in [0.2, 0.25) is 0 Å². The largest absolute Gasteiger partial charge is 0.297 e. The lowest BCUT2D eigenvalue weighted by atomic mass is 10.2. The van der Waals surface area contributed by atoms with E-state index >= 15 is 0 Å². The van der Waals surface area contributed by atoms with Crippen molar-refractivity contribution in [1.82, 2.24) is 4.90 Å². The molecule has 0 saturated heterocycles. The monoisotopic (exact) mass is 202 g/mol. The first-order valence-corrected chi connectivity index (χ1v) is 4.83. The molecule has 0 aromatic heterocycles. The minimum atomic E-state index is -0.0315. The number of nitrogens with zero attached hydrogens (tertiary/aromatic N) is 2. The van der Waals surface area contributed by atoms with Crippen molar-refractivity contribution in [3.05, 3.63) is 35.9 Å². The summed E-state index contributed by atoms with van der Waals surface area (Å²) in [4.78, 5) is 13.1. The lowest BCUT2D eigenvalue weighted by Crippen LogP contribution is -2.25. The Morgan fingerprint density at radius 1 is 1.40 bits per heavy atom. The molecule has 0 spiro atoms. The predicted octanol–water partition coefficient (Wildman–Crippen LogP) is 1.60. The van der Waals surface area contributed by atoms with E-state index in [1.54, 1.807) is 0 Å². The molecule has 0 fully saturated rings. The average Bonchev–Trinajstić information content (AvgIpc) is 2.19. The molecule has 3 nitrogen and oxygen atoms in total. The van der Waals surface area contributed by atoms with Crippen molar-refractivity contribution in [2.75, 3.05) is 13.6 Å². The Kier molecular flexibility index (Phi) is 4.52. The van der Waals surface area contributed by atoms with Crippen LogP contribution in [0.4, 0.5) is 0 Å². The molecular formula is C12H14N2O. The number of nitriles is 1. The molecule has 0 aliphatic carbocycles. The summed E-state index contributed by atoms with van der Waals surface area (Å²) in [6.07, 6.45) is -0.000863. The predicted molar refractivity (Wildman–Crippen MR) is 58.0 cm³/mol. The summed E-state index contributed by atoms with van der Waals surface area (Å²) in [5.74, 6) is -0.0315. The van der Waals surface area contributed by atoms with E-state index in [1.165, 1.54) is 5.56 Å². The molecule has 0 atom stereocenters. The van der Waals surface area contributed by atoms with Gasteiger partial charge in [0.1, 0.15) is 0 Å². The average molecular weight is 202 g/mol. The van der Waals surface area contributed by atoms with Crippen LogP contribution in [-0.4, -0.2) is 24.3 Å². The number of hydrogen-bond donors (Lipinski definition) is 0. The fraction of sp³-hybridized carbons (Fsp3) is 0.333. The lowest BCUT2D eigenvalue weighted by Gasteiger charge is -2.14. The van der Waals surface area contributed by atoms with Gasteiger partial charge in [-0.15, -0.1) is 0 Å². The van der Waals surface area contributed by atoms with E-state index in [9.17, 15) is 4.79 Å². The highest BCUT2D eigenvalue weighted by Crippen LogP contribution is 2.02. The number of hydrogen-bond acceptors (Lipinski definition) is 3. The van der Waals surface area contributed by atoms with E-state index in [0.717, 1.165) is 6.54 Å². The first-order valence-electron chi connectivity index (χ1n) is 4.83. The van der Waals surface area contributed by atoms with Crippen LogP contribution in [0.25, 0.3) is 0 Å². The fourth-order valence-electron chi connectivity index (χ4n) is 1.40. The molecule has 1 rings (SSSR count). The Morgan fingerprint density at radius 3 is 2.67 bits per heavy atom. The van der Waals surface area contributed by atoms with Gasteiger partial charge in [0.2, 0.25) is 0 Å². The molecule has 78 valence electrons. The van der Waals surface area contributed by atoms with Gasteiger partial charge in [0, 0.05) is 6.54 Å². The summed E-state index contributed by atoms with van der Waals surface area (Å²) in [6, 6.07) is 11.8. The molecule has 0 heterocycles. The smallest absolute Gasteiger partial charge is 0.160 e. The quantitative estimate of drug-likeness (QED) is 0.728. The first kappa shape index (κ1) is 11.4. The molecule has 0 amide bonds. The van der Waals surface area contributed by atoms with E-state index in [-0.39, 0.29) is 12.2 Å². The molecule has 0 unspecified atom stereocenters. The first-order chi connectivity index (χ1) is 7.22. The van der Waals surface area contributed by atoms with Crippen LogP contribution < -0.4 is 0 Å². The van der Waals surface area contributed by atoms with Crippen LogP contribution in [0.5, 0.6) is 0 Å². The zero-order chi connectivity index (χ0) is 11.1. The van der Waals surface area contributed by atoms with Gasteiger partial charge in [0.05, 0.1) is 19.0 Å². The van der Waals surface area contributed by atoms with Gasteiger partial charge in [0.25, 0.3) is 0 Å². The minimum Gasteiger partial charge on any atom is -0.297 e. The Hall–Kier alpha value is -1.66. The molecule has 1 aromatic rings. The normalized spacial score (nSPS) is 9.93. The van der Waals surface area contributed by atoms with Crippen LogP contribution >= 0.6 is 0 Å². The van der Waals surface area contributed by atoms with E-state index in [4.69, 9.17) is 5.26 Å². The number of ketones is 1. The van der Waals surface area contributed by atoms with Crippen LogP contribution in [-0.2, 0) is 11.3 Å². The Morgan fingerprint density at radius 2 is 2.07 bits per heavy atom. The highest BCUT2D eigenvalue weighted by Gasteiger charge is 2.06. The van der Waals surface area contributed by atoms with Crippen molar-refractivity contribution in [3.8, 4) is 6.07 Å². The van der Waals surface area contributed by atoms with Crippen molar-refractivity contribution in [2.24, 2.45) is 0 Å². The summed E-state index contributed by atoms with van der Waals surface area (Å²) in [6.45, 7) is 1.07. The van der Waals surface area contributed by atoms with Gasteiger partial charge >= 0.3 is 0 Å². The van der Waals surface area contributed by atoms with Crippen LogP contribution in [0.1, 0.15) is 12.0 Å². The van der Waals surface area contributed by atoms with E-state index in [1.807, 2.05) is 48.3 Å². The van der Waals surface area contributed by atoms with Gasteiger partial charge in [-0.05, 0) is 12.6 Å². The van der Waals surface area contributed by atoms with Gasteiger partial charge in [-0.2, -0.15) is 5.26 Å². The molecule has 3 heteroatoms. The third-order valence-corrected chi connectivity index (χ3v) is 2.02. The van der Waals surface area contributed by atoms with Crippen molar-refractivity contribution in [3.63, 3.8) is 0 Å². The van der Waals surface area contributed by atoms with E-state index in [0.29, 0.717) is 6.54 Å². The summed E-state index contributed by atoms with van der Waals surface area (Å²) in [7, 11) is 1.88. The minimum absolute atomic E-state index is 0.000863. The van der Waals surface area contributed by atoms with Crippen molar-refractivity contribution in [1.29, 1.82) is 5.26 Å². The number of likely N-dealkylation sites (N-methyl/N-ethyl adjacent to an activating group) is 1. The van der Waals surface area contributed by atoms with Gasteiger partial charge < -0.3 is 0 Å². The number of benzene rings is 1. The molecule has 1 aromatic carbocycles. The van der Waals surface area contributed by atoms with E-state index in [2.05, 4.69) is 0 Å². The zero-order valence-corrected chi connectivity index (χ0v) is 8.81. The molecule has 15 heavy (non-hydrogen) atoms. The molecule has 0 aliphatic heterocycles. The van der Waals surface area contributed by atoms with E-state index < -0.39 is 0 Å². The SMILES string of the molecule is CN(CC(=O)CC#N)Cc1ccccc1. The lowest BCUT2D eigenvalue weighted by molar-refractivity contribution is -0.119. The van der Waals surface area contributed by atoms with Crippen LogP contribution in [0, 0.1) is 11.3 Å². The third-order valence-electron chi connectivity index (χ3n) is 2.02. The standard InChI is InChI=1S/C12H14N2O/c1-14(10-12(15)7-8-13)9-11-5-3-2-4-6-11/h2-6H,7,9-10H2,1H3. The Labute approximate surface area is 89.9 Å². The highest BCUT2D eigenvalue weighted by molar-refractivity contribution is 5.82. The van der Waals surface area contributed by atoms with Gasteiger partial charge in [0.15, 0.2) is 5.78 Å². The Balaban J connectivity index is 2.40. The number of Topliss-reactive ketones (excluding diaryl/α,β-unsaturated/α-hetero) is 1. The topological polar surface area (TPSA) is 44.1 Å². The van der Waals surface area contributed by atoms with Crippen LogP contribution in [0.15, 0.2) is 30.3 Å². The third kappa shape index (κ3) is 4.39. The molecule has 0 N–H and O–H groups in total. The number of carbonyl (C=O) groups excluding carboxylic acids is 1. The molecular weight excluding hydrogens is 188 g/mol. The van der Waals surface area contributed by atoms with Crippen molar-refractivity contribution < 1.29 is 4.79 Å². The highest BCUT2D eigenvalue weighted by atomic mass is 16.1. The molecule has 0 radical (unpaired) electrons. The molecule has 0 aliphatic rings. The molecule has 0 saturated carbocycles. The Bertz CT molecular complexity index is 354. The maximum atomic E-state index is 11.2. The van der Waals surface area contributed by atoms with Gasteiger partial charge in [-0.1, -0.05) is 30.3 Å².